The molecule has 0 spiro atoms. The summed E-state index contributed by atoms with van der Waals surface area (Å²) < 4.78 is 31.7. The van der Waals surface area contributed by atoms with Crippen molar-refractivity contribution in [1.29, 1.82) is 0 Å². The van der Waals surface area contributed by atoms with Crippen LogP contribution in [0.5, 0.6) is 11.5 Å². The van der Waals surface area contributed by atoms with Gasteiger partial charge in [-0.1, -0.05) is 84.9 Å². The minimum Gasteiger partial charge on any atom is -0.497 e. The van der Waals surface area contributed by atoms with Crippen molar-refractivity contribution in [3.63, 3.8) is 0 Å². The predicted molar refractivity (Wildman–Crippen MR) is 192 cm³/mol. The number of amides is 2. The Hall–Kier alpha value is -5.14. The van der Waals surface area contributed by atoms with Crippen LogP contribution in [-0.2, 0) is 45.3 Å². The zero-order valence-electron chi connectivity index (χ0n) is 29.4. The summed E-state index contributed by atoms with van der Waals surface area (Å²) in [7, 11) is 3.21. The summed E-state index contributed by atoms with van der Waals surface area (Å²) in [6.07, 6.45) is -2.48. The zero-order valence-corrected chi connectivity index (χ0v) is 29.4. The number of nitrogens with zero attached hydrogens (tertiary/aromatic N) is 2. The quantitative estimate of drug-likeness (QED) is 0.160. The van der Waals surface area contributed by atoms with Gasteiger partial charge < -0.3 is 38.6 Å². The summed E-state index contributed by atoms with van der Waals surface area (Å²) in [5, 5.41) is 20.9. The van der Waals surface area contributed by atoms with Crippen molar-refractivity contribution < 1.29 is 48.2 Å². The fourth-order valence-corrected chi connectivity index (χ4v) is 5.75. The largest absolute Gasteiger partial charge is 0.497 e. The summed E-state index contributed by atoms with van der Waals surface area (Å²) in [6, 6.07) is 33.5. The zero-order chi connectivity index (χ0) is 36.7. The molecule has 2 fully saturated rings. The average Bonchev–Trinajstić information content (AvgIpc) is 3.74. The first-order valence-corrected chi connectivity index (χ1v) is 17.1. The van der Waals surface area contributed by atoms with Crippen LogP contribution in [0, 0.1) is 0 Å². The van der Waals surface area contributed by atoms with Crippen LogP contribution < -0.4 is 9.47 Å². The van der Waals surface area contributed by atoms with Gasteiger partial charge in [0.25, 0.3) is 0 Å². The molecule has 276 valence electrons. The van der Waals surface area contributed by atoms with E-state index in [4.69, 9.17) is 28.4 Å². The van der Waals surface area contributed by atoms with E-state index in [1.165, 1.54) is 0 Å². The smallest absolute Gasteiger partial charge is 0.410 e. The van der Waals surface area contributed by atoms with Gasteiger partial charge in [0.05, 0.1) is 52.7 Å². The van der Waals surface area contributed by atoms with Crippen LogP contribution in [-0.4, -0.2) is 97.1 Å². The standard InChI is InChI=1S/2C20H23NO5/c2*1-24-17-9-7-15(8-10-17)11-21-18(13-26-20(21)23)19(22)14-25-12-16-5-3-2-4-6-16/h2*2-10,18-19,22H,11-14H2,1H3/t2*18-,19+/m11/s1. The molecule has 52 heavy (non-hydrogen) atoms. The van der Waals surface area contributed by atoms with Crippen LogP contribution in [0.2, 0.25) is 0 Å². The molecule has 12 heteroatoms. The van der Waals surface area contributed by atoms with Gasteiger partial charge in [0.1, 0.15) is 36.9 Å². The Labute approximate surface area is 304 Å². The molecule has 0 aliphatic carbocycles. The van der Waals surface area contributed by atoms with E-state index >= 15 is 0 Å². The van der Waals surface area contributed by atoms with Crippen LogP contribution in [0.1, 0.15) is 22.3 Å². The van der Waals surface area contributed by atoms with E-state index in [0.29, 0.717) is 26.3 Å². The maximum absolute atomic E-state index is 12.0. The third-order valence-corrected chi connectivity index (χ3v) is 8.74. The molecule has 4 atom stereocenters. The van der Waals surface area contributed by atoms with Crippen molar-refractivity contribution in [1.82, 2.24) is 9.80 Å². The second kappa shape index (κ2) is 19.5. The van der Waals surface area contributed by atoms with Crippen LogP contribution in [0.15, 0.2) is 109 Å². The molecule has 2 aliphatic heterocycles. The van der Waals surface area contributed by atoms with Crippen LogP contribution in [0.3, 0.4) is 0 Å². The molecule has 2 aliphatic rings. The van der Waals surface area contributed by atoms with Crippen LogP contribution in [0.25, 0.3) is 0 Å². The topological polar surface area (TPSA) is 136 Å². The van der Waals surface area contributed by atoms with Crippen LogP contribution in [0.4, 0.5) is 9.59 Å². The van der Waals surface area contributed by atoms with Gasteiger partial charge in [-0.2, -0.15) is 0 Å². The lowest BCUT2D eigenvalue weighted by atomic mass is 10.1. The molecule has 0 aromatic heterocycles. The second-order valence-electron chi connectivity index (χ2n) is 12.4. The minimum atomic E-state index is -0.816. The van der Waals surface area contributed by atoms with Crippen molar-refractivity contribution >= 4 is 12.2 Å². The molecule has 2 saturated heterocycles. The molecular weight excluding hydrogens is 668 g/mol. The summed E-state index contributed by atoms with van der Waals surface area (Å²) in [4.78, 5) is 27.2. The third kappa shape index (κ3) is 10.9. The molecule has 0 saturated carbocycles. The first-order chi connectivity index (χ1) is 25.3. The SMILES string of the molecule is COc1ccc(CN2C(=O)OC[C@@H]2[C@@H](O)COCc2ccccc2)cc1.COc1ccc(CN2C(=O)OC[C@@H]2[C@@H](O)COCc2ccccc2)cc1. The fourth-order valence-electron chi connectivity index (χ4n) is 5.75. The molecule has 0 radical (unpaired) electrons. The molecule has 4 aromatic carbocycles. The number of benzene rings is 4. The van der Waals surface area contributed by atoms with Crippen molar-refractivity contribution in [2.24, 2.45) is 0 Å². The maximum atomic E-state index is 12.0. The number of hydrogen-bond donors (Lipinski definition) is 2. The second-order valence-corrected chi connectivity index (χ2v) is 12.4. The van der Waals surface area contributed by atoms with E-state index in [9.17, 15) is 19.8 Å². The maximum Gasteiger partial charge on any atom is 0.410 e. The highest BCUT2D eigenvalue weighted by atomic mass is 16.6. The Kier molecular flexibility index (Phi) is 14.3. The van der Waals surface area contributed by atoms with E-state index in [1.54, 1.807) is 24.0 Å². The van der Waals surface area contributed by atoms with Gasteiger partial charge in [-0.3, -0.25) is 9.80 Å². The number of carbonyl (C=O) groups is 2. The number of methoxy groups -OCH3 is 2. The number of aliphatic hydroxyl groups excluding tert-OH is 2. The predicted octanol–water partition coefficient (Wildman–Crippen LogP) is 5.19. The lowest BCUT2D eigenvalue weighted by molar-refractivity contribution is -0.00753. The third-order valence-electron chi connectivity index (χ3n) is 8.74. The lowest BCUT2D eigenvalue weighted by Gasteiger charge is -2.25. The molecule has 2 amide bonds. The summed E-state index contributed by atoms with van der Waals surface area (Å²) in [5.74, 6) is 1.51. The number of aliphatic hydroxyl groups is 2. The average molecular weight is 715 g/mol. The van der Waals surface area contributed by atoms with Gasteiger partial charge in [0.15, 0.2) is 0 Å². The highest BCUT2D eigenvalue weighted by molar-refractivity contribution is 5.70. The molecule has 4 aromatic rings. The Morgan fingerprint density at radius 3 is 1.29 bits per heavy atom. The fraction of sp³-hybridized carbons (Fsp3) is 0.350. The van der Waals surface area contributed by atoms with Gasteiger partial charge in [-0.05, 0) is 46.5 Å². The monoisotopic (exact) mass is 714 g/mol. The molecule has 0 bridgehead atoms. The summed E-state index contributed by atoms with van der Waals surface area (Å²) >= 11 is 0. The van der Waals surface area contributed by atoms with E-state index < -0.39 is 36.5 Å². The van der Waals surface area contributed by atoms with E-state index in [2.05, 4.69) is 0 Å². The number of hydrogen-bond acceptors (Lipinski definition) is 10. The van der Waals surface area contributed by atoms with Crippen molar-refractivity contribution in [2.45, 2.75) is 50.6 Å². The number of ether oxygens (including phenoxy) is 6. The van der Waals surface area contributed by atoms with E-state index in [0.717, 1.165) is 33.8 Å². The van der Waals surface area contributed by atoms with Crippen molar-refractivity contribution in [3.05, 3.63) is 131 Å². The number of cyclic esters (lactones) is 2. The summed E-state index contributed by atoms with van der Waals surface area (Å²) in [5.41, 5.74) is 3.95. The van der Waals surface area contributed by atoms with Crippen molar-refractivity contribution in [2.75, 3.05) is 40.6 Å². The van der Waals surface area contributed by atoms with Gasteiger partial charge in [-0.25, -0.2) is 9.59 Å². The summed E-state index contributed by atoms with van der Waals surface area (Å²) in [6.45, 7) is 2.14. The first kappa shape index (κ1) is 38.1. The Bertz CT molecular complexity index is 1530. The van der Waals surface area contributed by atoms with Crippen LogP contribution >= 0.6 is 0 Å². The highest BCUT2D eigenvalue weighted by Crippen LogP contribution is 2.23. The molecule has 2 heterocycles. The lowest BCUT2D eigenvalue weighted by Crippen LogP contribution is -2.43. The van der Waals surface area contributed by atoms with Gasteiger partial charge >= 0.3 is 12.2 Å². The molecule has 12 nitrogen and oxygen atoms in total. The van der Waals surface area contributed by atoms with Crippen molar-refractivity contribution in [3.8, 4) is 11.5 Å². The van der Waals surface area contributed by atoms with E-state index in [-0.39, 0.29) is 26.4 Å². The highest BCUT2D eigenvalue weighted by Gasteiger charge is 2.39. The number of carbonyl (C=O) groups excluding carboxylic acids is 2. The normalized spacial score (nSPS) is 17.8. The molecular formula is C40H46N2O10. The van der Waals surface area contributed by atoms with Gasteiger partial charge in [-0.15, -0.1) is 0 Å². The Morgan fingerprint density at radius 2 is 0.942 bits per heavy atom. The van der Waals surface area contributed by atoms with Gasteiger partial charge in [0, 0.05) is 13.1 Å². The van der Waals surface area contributed by atoms with Gasteiger partial charge in [0.2, 0.25) is 0 Å². The molecule has 2 N–H and O–H groups in total. The molecule has 6 rings (SSSR count). The Morgan fingerprint density at radius 1 is 0.577 bits per heavy atom. The number of rotatable bonds is 16. The first-order valence-electron chi connectivity index (χ1n) is 17.1. The molecule has 0 unspecified atom stereocenters. The minimum absolute atomic E-state index is 0.134. The van der Waals surface area contributed by atoms with E-state index in [1.807, 2.05) is 109 Å². The Balaban J connectivity index is 0.000000201.